The molecule has 0 heterocycles. The van der Waals surface area contributed by atoms with Crippen molar-refractivity contribution in [2.24, 2.45) is 0 Å². The summed E-state index contributed by atoms with van der Waals surface area (Å²) in [5.74, 6) is 0.676. The van der Waals surface area contributed by atoms with Crippen LogP contribution in [0.3, 0.4) is 0 Å². The zero-order chi connectivity index (χ0) is 10.4. The highest BCUT2D eigenvalue weighted by Gasteiger charge is 2.10. The van der Waals surface area contributed by atoms with Crippen LogP contribution in [0.1, 0.15) is 18.6 Å². The number of thioether (sulfide) groups is 1. The second kappa shape index (κ2) is 5.83. The van der Waals surface area contributed by atoms with Crippen molar-refractivity contribution in [3.8, 4) is 0 Å². The number of methoxy groups -OCH3 is 1. The van der Waals surface area contributed by atoms with Gasteiger partial charge in [0.15, 0.2) is 5.12 Å². The molecule has 2 nitrogen and oxygen atoms in total. The summed E-state index contributed by atoms with van der Waals surface area (Å²) in [7, 11) is 1.67. The van der Waals surface area contributed by atoms with Gasteiger partial charge in [0.25, 0.3) is 0 Å². The fourth-order valence-corrected chi connectivity index (χ4v) is 1.88. The number of benzene rings is 1. The Morgan fingerprint density at radius 3 is 2.57 bits per heavy atom. The Bertz CT molecular complexity index is 285. The average molecular weight is 210 g/mol. The Labute approximate surface area is 88.7 Å². The third-order valence-corrected chi connectivity index (χ3v) is 2.77. The van der Waals surface area contributed by atoms with Gasteiger partial charge in [-0.25, -0.2) is 0 Å². The molecule has 0 amide bonds. The molecule has 0 spiro atoms. The van der Waals surface area contributed by atoms with Crippen LogP contribution in [0.15, 0.2) is 30.3 Å². The third-order valence-electron chi connectivity index (χ3n) is 1.89. The SMILES string of the molecule is COC(CSC(C)=O)c1ccccc1. The van der Waals surface area contributed by atoms with Crippen molar-refractivity contribution in [3.63, 3.8) is 0 Å². The van der Waals surface area contributed by atoms with E-state index in [1.54, 1.807) is 14.0 Å². The number of carbonyl (C=O) groups is 1. The molecular weight excluding hydrogens is 196 g/mol. The summed E-state index contributed by atoms with van der Waals surface area (Å²) in [6, 6.07) is 9.93. The topological polar surface area (TPSA) is 26.3 Å². The smallest absolute Gasteiger partial charge is 0.185 e. The highest BCUT2D eigenvalue weighted by molar-refractivity contribution is 8.13. The Balaban J connectivity index is 2.58. The largest absolute Gasteiger partial charge is 0.376 e. The first kappa shape index (κ1) is 11.3. The van der Waals surface area contributed by atoms with Crippen LogP contribution < -0.4 is 0 Å². The minimum absolute atomic E-state index is 0.00472. The number of rotatable bonds is 4. The number of hydrogen-bond acceptors (Lipinski definition) is 3. The molecule has 0 aliphatic rings. The van der Waals surface area contributed by atoms with Gasteiger partial charge in [-0.05, 0) is 5.56 Å². The number of carbonyl (C=O) groups excluding carboxylic acids is 1. The van der Waals surface area contributed by atoms with Crippen molar-refractivity contribution >= 4 is 16.9 Å². The second-order valence-corrected chi connectivity index (χ2v) is 4.13. The van der Waals surface area contributed by atoms with Gasteiger partial charge in [-0.15, -0.1) is 0 Å². The Morgan fingerprint density at radius 2 is 2.07 bits per heavy atom. The highest BCUT2D eigenvalue weighted by Crippen LogP contribution is 2.21. The van der Waals surface area contributed by atoms with E-state index in [9.17, 15) is 4.79 Å². The van der Waals surface area contributed by atoms with Crippen LogP contribution in [-0.4, -0.2) is 18.0 Å². The average Bonchev–Trinajstić information content (AvgIpc) is 2.20. The van der Waals surface area contributed by atoms with Crippen LogP contribution in [-0.2, 0) is 9.53 Å². The van der Waals surface area contributed by atoms with E-state index in [1.807, 2.05) is 30.3 Å². The van der Waals surface area contributed by atoms with Crippen LogP contribution in [0.4, 0.5) is 0 Å². The second-order valence-electron chi connectivity index (χ2n) is 2.94. The number of ether oxygens (including phenoxy) is 1. The predicted octanol–water partition coefficient (Wildman–Crippen LogP) is 2.65. The van der Waals surface area contributed by atoms with Crippen LogP contribution in [0.2, 0.25) is 0 Å². The van der Waals surface area contributed by atoms with Gasteiger partial charge < -0.3 is 4.74 Å². The fourth-order valence-electron chi connectivity index (χ4n) is 1.16. The van der Waals surface area contributed by atoms with Crippen LogP contribution in [0.25, 0.3) is 0 Å². The van der Waals surface area contributed by atoms with Gasteiger partial charge >= 0.3 is 0 Å². The molecule has 76 valence electrons. The van der Waals surface area contributed by atoms with Gasteiger partial charge in [0.1, 0.15) is 0 Å². The lowest BCUT2D eigenvalue weighted by molar-refractivity contribution is -0.109. The summed E-state index contributed by atoms with van der Waals surface area (Å²) in [5.41, 5.74) is 1.11. The van der Waals surface area contributed by atoms with Crippen molar-refractivity contribution in [1.82, 2.24) is 0 Å². The summed E-state index contributed by atoms with van der Waals surface area (Å²) < 4.78 is 5.31. The highest BCUT2D eigenvalue weighted by atomic mass is 32.2. The minimum Gasteiger partial charge on any atom is -0.376 e. The minimum atomic E-state index is 0.00472. The van der Waals surface area contributed by atoms with E-state index in [0.29, 0.717) is 5.75 Å². The molecule has 14 heavy (non-hydrogen) atoms. The van der Waals surface area contributed by atoms with E-state index in [4.69, 9.17) is 4.74 Å². The summed E-state index contributed by atoms with van der Waals surface area (Å²) >= 11 is 1.29. The van der Waals surface area contributed by atoms with E-state index in [0.717, 1.165) is 5.56 Å². The van der Waals surface area contributed by atoms with Crippen molar-refractivity contribution < 1.29 is 9.53 Å². The Hall–Kier alpha value is -0.800. The van der Waals surface area contributed by atoms with Crippen LogP contribution in [0, 0.1) is 0 Å². The molecule has 0 N–H and O–H groups in total. The molecule has 1 aromatic rings. The molecule has 1 aromatic carbocycles. The molecule has 1 atom stereocenters. The molecule has 0 fully saturated rings. The molecule has 0 radical (unpaired) electrons. The Morgan fingerprint density at radius 1 is 1.43 bits per heavy atom. The Kier molecular flexibility index (Phi) is 4.70. The van der Waals surface area contributed by atoms with Crippen molar-refractivity contribution in [3.05, 3.63) is 35.9 Å². The van der Waals surface area contributed by atoms with Gasteiger partial charge in [-0.2, -0.15) is 0 Å². The normalized spacial score (nSPS) is 12.4. The summed E-state index contributed by atoms with van der Waals surface area (Å²) in [6.45, 7) is 1.57. The molecule has 0 saturated carbocycles. The molecular formula is C11H14O2S. The maximum atomic E-state index is 10.8. The number of hydrogen-bond donors (Lipinski definition) is 0. The van der Waals surface area contributed by atoms with Crippen LogP contribution >= 0.6 is 11.8 Å². The van der Waals surface area contributed by atoms with Gasteiger partial charge in [-0.3, -0.25) is 4.79 Å². The molecule has 1 unspecified atom stereocenters. The first-order valence-electron chi connectivity index (χ1n) is 4.45. The quantitative estimate of drug-likeness (QED) is 0.764. The van der Waals surface area contributed by atoms with Gasteiger partial charge in [0, 0.05) is 19.8 Å². The zero-order valence-corrected chi connectivity index (χ0v) is 9.21. The summed E-state index contributed by atoms with van der Waals surface area (Å²) in [6.07, 6.45) is 0.00472. The van der Waals surface area contributed by atoms with Crippen molar-refractivity contribution in [1.29, 1.82) is 0 Å². The first-order valence-corrected chi connectivity index (χ1v) is 5.43. The summed E-state index contributed by atoms with van der Waals surface area (Å²) in [5, 5.41) is 0.128. The zero-order valence-electron chi connectivity index (χ0n) is 8.40. The molecule has 3 heteroatoms. The van der Waals surface area contributed by atoms with Gasteiger partial charge in [0.05, 0.1) is 6.10 Å². The van der Waals surface area contributed by atoms with E-state index < -0.39 is 0 Å². The molecule has 0 aromatic heterocycles. The standard InChI is InChI=1S/C11H14O2S/c1-9(12)14-8-11(13-2)10-6-4-3-5-7-10/h3-7,11H,8H2,1-2H3. The fraction of sp³-hybridized carbons (Fsp3) is 0.364. The van der Waals surface area contributed by atoms with Crippen molar-refractivity contribution in [2.75, 3.05) is 12.9 Å². The van der Waals surface area contributed by atoms with E-state index in [2.05, 4.69) is 0 Å². The maximum Gasteiger partial charge on any atom is 0.185 e. The third kappa shape index (κ3) is 3.52. The maximum absolute atomic E-state index is 10.8. The molecule has 1 rings (SSSR count). The molecule has 0 aliphatic heterocycles. The van der Waals surface area contributed by atoms with E-state index in [-0.39, 0.29) is 11.2 Å². The van der Waals surface area contributed by atoms with E-state index >= 15 is 0 Å². The monoisotopic (exact) mass is 210 g/mol. The van der Waals surface area contributed by atoms with Gasteiger partial charge in [-0.1, -0.05) is 42.1 Å². The first-order chi connectivity index (χ1) is 6.74. The van der Waals surface area contributed by atoms with Crippen LogP contribution in [0.5, 0.6) is 0 Å². The molecule has 0 aliphatic carbocycles. The lowest BCUT2D eigenvalue weighted by Crippen LogP contribution is -2.05. The van der Waals surface area contributed by atoms with Gasteiger partial charge in [0.2, 0.25) is 0 Å². The molecule has 0 saturated heterocycles. The van der Waals surface area contributed by atoms with Crippen molar-refractivity contribution in [2.45, 2.75) is 13.0 Å². The summed E-state index contributed by atoms with van der Waals surface area (Å²) in [4.78, 5) is 10.8. The van der Waals surface area contributed by atoms with E-state index in [1.165, 1.54) is 11.8 Å². The predicted molar refractivity (Wildman–Crippen MR) is 59.3 cm³/mol. The lowest BCUT2D eigenvalue weighted by Gasteiger charge is -2.13. The lowest BCUT2D eigenvalue weighted by atomic mass is 10.1. The molecule has 0 bridgehead atoms.